The number of nitrogens with zero attached hydrogens (tertiary/aromatic N) is 4. The molecule has 1 unspecified atom stereocenters. The molecule has 32 heavy (non-hydrogen) atoms. The van der Waals surface area contributed by atoms with Crippen LogP contribution in [-0.2, 0) is 11.2 Å². The molecule has 1 aliphatic heterocycles. The lowest BCUT2D eigenvalue weighted by Crippen LogP contribution is -2.28. The molecule has 6 nitrogen and oxygen atoms in total. The number of carbonyl (C=O) groups is 1. The molecule has 3 aromatic rings. The molecule has 1 fully saturated rings. The van der Waals surface area contributed by atoms with Crippen molar-refractivity contribution in [2.45, 2.75) is 56.2 Å². The van der Waals surface area contributed by atoms with Crippen molar-refractivity contribution in [3.05, 3.63) is 64.2 Å². The second-order valence-electron chi connectivity index (χ2n) is 8.33. The minimum Gasteiger partial charge on any atom is -0.416 e. The number of hydrazone groups is 1. The molecule has 166 valence electrons. The average molecular weight is 467 g/mol. The molecule has 1 aromatic carbocycles. The summed E-state index contributed by atoms with van der Waals surface area (Å²) < 4.78 is 5.78. The number of amides is 1. The Morgan fingerprint density at radius 3 is 2.75 bits per heavy atom. The number of aryl methyl sites for hydroxylation is 1. The first-order valence-electron chi connectivity index (χ1n) is 11.2. The summed E-state index contributed by atoms with van der Waals surface area (Å²) in [7, 11) is 0. The molecule has 0 bridgehead atoms. The van der Waals surface area contributed by atoms with Crippen LogP contribution in [0.3, 0.4) is 0 Å². The summed E-state index contributed by atoms with van der Waals surface area (Å²) in [5, 5.41) is 17.1. The lowest BCUT2D eigenvalue weighted by molar-refractivity contribution is -0.130. The quantitative estimate of drug-likeness (QED) is 0.397. The Morgan fingerprint density at radius 1 is 1.12 bits per heavy atom. The highest BCUT2D eigenvalue weighted by molar-refractivity contribution is 7.99. The van der Waals surface area contributed by atoms with Crippen molar-refractivity contribution < 1.29 is 9.21 Å². The van der Waals surface area contributed by atoms with Gasteiger partial charge in [-0.05, 0) is 29.3 Å². The van der Waals surface area contributed by atoms with Gasteiger partial charge in [0.1, 0.15) is 0 Å². The third-order valence-electron chi connectivity index (χ3n) is 6.16. The molecule has 0 saturated heterocycles. The summed E-state index contributed by atoms with van der Waals surface area (Å²) in [5.41, 5.74) is 2.05. The van der Waals surface area contributed by atoms with Crippen LogP contribution in [-0.4, -0.2) is 32.6 Å². The van der Waals surface area contributed by atoms with Crippen LogP contribution in [0.2, 0.25) is 0 Å². The van der Waals surface area contributed by atoms with Crippen LogP contribution in [0.15, 0.2) is 62.6 Å². The highest BCUT2D eigenvalue weighted by Crippen LogP contribution is 2.34. The maximum atomic E-state index is 13.1. The van der Waals surface area contributed by atoms with Crippen molar-refractivity contribution in [3.8, 4) is 0 Å². The second kappa shape index (κ2) is 10.0. The third kappa shape index (κ3) is 4.96. The number of thiophene rings is 1. The summed E-state index contributed by atoms with van der Waals surface area (Å²) >= 11 is 2.94. The zero-order valence-electron chi connectivity index (χ0n) is 17.9. The standard InChI is InChI=1S/C24H26N4O2S2/c29-23(16-32-24-26-25-22(30-24)13-12-17-7-4-5-8-17)28-20(18-9-2-1-3-10-18)15-19(27-28)21-11-6-14-31-21/h1-3,6,9-11,14,17,20H,4-5,7-8,12-13,15-16H2. The Bertz CT molecular complexity index is 1060. The van der Waals surface area contributed by atoms with E-state index in [-0.39, 0.29) is 17.7 Å². The number of benzene rings is 1. The maximum Gasteiger partial charge on any atom is 0.277 e. The zero-order chi connectivity index (χ0) is 21.8. The van der Waals surface area contributed by atoms with Gasteiger partial charge in [0.2, 0.25) is 5.89 Å². The fourth-order valence-electron chi connectivity index (χ4n) is 4.48. The normalized spacial score (nSPS) is 18.9. The van der Waals surface area contributed by atoms with Crippen molar-refractivity contribution in [1.82, 2.24) is 15.2 Å². The number of hydrogen-bond acceptors (Lipinski definition) is 7. The lowest BCUT2D eigenvalue weighted by Gasteiger charge is -2.21. The summed E-state index contributed by atoms with van der Waals surface area (Å²) in [5.74, 6) is 1.63. The second-order valence-corrected chi connectivity index (χ2v) is 10.2. The van der Waals surface area contributed by atoms with E-state index in [2.05, 4.69) is 28.4 Å². The Morgan fingerprint density at radius 2 is 1.97 bits per heavy atom. The molecule has 0 radical (unpaired) electrons. The van der Waals surface area contributed by atoms with Crippen LogP contribution in [0.4, 0.5) is 0 Å². The first-order chi connectivity index (χ1) is 15.8. The molecule has 0 N–H and O–H groups in total. The van der Waals surface area contributed by atoms with E-state index in [4.69, 9.17) is 9.52 Å². The van der Waals surface area contributed by atoms with Gasteiger partial charge in [-0.1, -0.05) is 73.8 Å². The predicted molar refractivity (Wildman–Crippen MR) is 127 cm³/mol. The Hall–Kier alpha value is -2.45. The summed E-state index contributed by atoms with van der Waals surface area (Å²) in [6.45, 7) is 0. The minimum absolute atomic E-state index is 0.0545. The fraction of sp³-hybridized carbons (Fsp3) is 0.417. The van der Waals surface area contributed by atoms with Crippen molar-refractivity contribution >= 4 is 34.7 Å². The van der Waals surface area contributed by atoms with E-state index >= 15 is 0 Å². The molecular weight excluding hydrogens is 440 g/mol. The SMILES string of the molecule is O=C(CSc1nnc(CCC2CCCC2)o1)N1N=C(c2cccs2)CC1c1ccccc1. The van der Waals surface area contributed by atoms with Crippen LogP contribution in [0.1, 0.15) is 60.9 Å². The molecule has 1 amide bonds. The molecular formula is C24H26N4O2S2. The van der Waals surface area contributed by atoms with Gasteiger partial charge in [-0.2, -0.15) is 5.10 Å². The molecule has 2 aliphatic rings. The van der Waals surface area contributed by atoms with E-state index in [1.807, 2.05) is 29.6 Å². The summed E-state index contributed by atoms with van der Waals surface area (Å²) in [4.78, 5) is 14.2. The van der Waals surface area contributed by atoms with E-state index in [1.165, 1.54) is 37.4 Å². The Balaban J connectivity index is 1.23. The van der Waals surface area contributed by atoms with E-state index in [0.29, 0.717) is 17.5 Å². The third-order valence-corrected chi connectivity index (χ3v) is 7.89. The summed E-state index contributed by atoms with van der Waals surface area (Å²) in [6, 6.07) is 14.1. The predicted octanol–water partition coefficient (Wildman–Crippen LogP) is 5.72. The van der Waals surface area contributed by atoms with Crippen molar-refractivity contribution in [1.29, 1.82) is 0 Å². The van der Waals surface area contributed by atoms with Gasteiger partial charge in [0, 0.05) is 12.8 Å². The van der Waals surface area contributed by atoms with Gasteiger partial charge in [-0.3, -0.25) is 4.79 Å². The molecule has 0 spiro atoms. The van der Waals surface area contributed by atoms with E-state index in [9.17, 15) is 4.79 Å². The van der Waals surface area contributed by atoms with Gasteiger partial charge in [0.15, 0.2) is 0 Å². The van der Waals surface area contributed by atoms with Gasteiger partial charge >= 0.3 is 0 Å². The van der Waals surface area contributed by atoms with Gasteiger partial charge in [-0.25, -0.2) is 5.01 Å². The maximum absolute atomic E-state index is 13.1. The van der Waals surface area contributed by atoms with Gasteiger partial charge in [0.05, 0.1) is 22.4 Å². The fourth-order valence-corrected chi connectivity index (χ4v) is 5.83. The minimum atomic E-state index is -0.0916. The number of hydrogen-bond donors (Lipinski definition) is 0. The highest BCUT2D eigenvalue weighted by Gasteiger charge is 2.33. The Kier molecular flexibility index (Phi) is 6.69. The van der Waals surface area contributed by atoms with Gasteiger partial charge < -0.3 is 4.42 Å². The molecule has 1 saturated carbocycles. The van der Waals surface area contributed by atoms with Gasteiger partial charge in [0.25, 0.3) is 11.1 Å². The monoisotopic (exact) mass is 466 g/mol. The van der Waals surface area contributed by atoms with Crippen LogP contribution in [0.5, 0.6) is 0 Å². The molecule has 2 aromatic heterocycles. The van der Waals surface area contributed by atoms with Crippen LogP contribution in [0.25, 0.3) is 0 Å². The molecule has 1 atom stereocenters. The number of carbonyl (C=O) groups excluding carboxylic acids is 1. The highest BCUT2D eigenvalue weighted by atomic mass is 32.2. The molecule has 3 heterocycles. The van der Waals surface area contributed by atoms with Gasteiger partial charge in [-0.15, -0.1) is 21.5 Å². The van der Waals surface area contributed by atoms with E-state index in [0.717, 1.165) is 34.9 Å². The largest absolute Gasteiger partial charge is 0.416 e. The topological polar surface area (TPSA) is 71.6 Å². The molecule has 8 heteroatoms. The lowest BCUT2D eigenvalue weighted by atomic mass is 10.0. The molecule has 1 aliphatic carbocycles. The van der Waals surface area contributed by atoms with Crippen LogP contribution >= 0.6 is 23.1 Å². The average Bonchev–Trinajstić information content (AvgIpc) is 3.63. The van der Waals surface area contributed by atoms with Crippen molar-refractivity contribution in [2.75, 3.05) is 5.75 Å². The van der Waals surface area contributed by atoms with Crippen molar-refractivity contribution in [2.24, 2.45) is 11.0 Å². The first kappa shape index (κ1) is 21.4. The Labute approximate surface area is 196 Å². The summed E-state index contributed by atoms with van der Waals surface area (Å²) in [6.07, 6.45) is 7.96. The number of thioether (sulfide) groups is 1. The smallest absolute Gasteiger partial charge is 0.277 e. The first-order valence-corrected chi connectivity index (χ1v) is 13.1. The molecule has 5 rings (SSSR count). The van der Waals surface area contributed by atoms with Crippen LogP contribution in [0, 0.1) is 5.92 Å². The van der Waals surface area contributed by atoms with E-state index < -0.39 is 0 Å². The van der Waals surface area contributed by atoms with Crippen LogP contribution < -0.4 is 0 Å². The number of rotatable bonds is 8. The van der Waals surface area contributed by atoms with Crippen molar-refractivity contribution in [3.63, 3.8) is 0 Å². The van der Waals surface area contributed by atoms with E-state index in [1.54, 1.807) is 16.3 Å². The zero-order valence-corrected chi connectivity index (χ0v) is 19.5. The number of aromatic nitrogens is 2.